The molecule has 0 spiro atoms. The SMILES string of the molecule is CCOC(=O)c1c(N=Cc2cc([N+](=O)[O-])ccc2O)sc(C)c1-c1ccc2cc(OC)ccc2c1. The molecule has 0 unspecified atom stereocenters. The number of methoxy groups -OCH3 is 1. The molecule has 0 bridgehead atoms. The van der Waals surface area contributed by atoms with E-state index in [1.807, 2.05) is 43.3 Å². The van der Waals surface area contributed by atoms with Gasteiger partial charge in [-0.15, -0.1) is 11.3 Å². The van der Waals surface area contributed by atoms with Crippen LogP contribution in [-0.2, 0) is 4.74 Å². The first-order valence-corrected chi connectivity index (χ1v) is 11.5. The minimum Gasteiger partial charge on any atom is -0.507 e. The number of carbonyl (C=O) groups excluding carboxylic acids is 1. The fourth-order valence-corrected chi connectivity index (χ4v) is 4.76. The number of aliphatic imine (C=N–C) groups is 1. The van der Waals surface area contributed by atoms with Crippen LogP contribution in [0.4, 0.5) is 10.7 Å². The average molecular weight is 491 g/mol. The van der Waals surface area contributed by atoms with Crippen LogP contribution < -0.4 is 4.74 Å². The second kappa shape index (κ2) is 9.94. The Labute approximate surface area is 205 Å². The Morgan fingerprint density at radius 2 is 1.89 bits per heavy atom. The fraction of sp³-hybridized carbons (Fsp3) is 0.154. The highest BCUT2D eigenvalue weighted by atomic mass is 32.1. The number of ether oxygens (including phenoxy) is 2. The van der Waals surface area contributed by atoms with Crippen molar-refractivity contribution in [3.05, 3.63) is 80.7 Å². The van der Waals surface area contributed by atoms with E-state index in [0.717, 1.165) is 27.0 Å². The van der Waals surface area contributed by atoms with Gasteiger partial charge in [0.15, 0.2) is 0 Å². The lowest BCUT2D eigenvalue weighted by molar-refractivity contribution is -0.384. The van der Waals surface area contributed by atoms with Gasteiger partial charge in [-0.05, 0) is 54.4 Å². The zero-order valence-corrected chi connectivity index (χ0v) is 20.1. The van der Waals surface area contributed by atoms with Crippen LogP contribution in [0.25, 0.3) is 21.9 Å². The van der Waals surface area contributed by atoms with Crippen LogP contribution in [0.15, 0.2) is 59.6 Å². The molecule has 0 aliphatic heterocycles. The van der Waals surface area contributed by atoms with Crippen LogP contribution in [0, 0.1) is 17.0 Å². The maximum atomic E-state index is 13.0. The summed E-state index contributed by atoms with van der Waals surface area (Å²) in [7, 11) is 1.62. The number of thiophene rings is 1. The van der Waals surface area contributed by atoms with Crippen molar-refractivity contribution in [1.82, 2.24) is 0 Å². The Morgan fingerprint density at radius 1 is 1.14 bits per heavy atom. The van der Waals surface area contributed by atoms with Gasteiger partial charge in [0.25, 0.3) is 5.69 Å². The van der Waals surface area contributed by atoms with E-state index in [9.17, 15) is 20.0 Å². The number of benzene rings is 3. The van der Waals surface area contributed by atoms with E-state index in [4.69, 9.17) is 9.47 Å². The van der Waals surface area contributed by atoms with Crippen molar-refractivity contribution in [3.63, 3.8) is 0 Å². The van der Waals surface area contributed by atoms with Crippen LogP contribution >= 0.6 is 11.3 Å². The number of fused-ring (bicyclic) bond motifs is 1. The Kier molecular flexibility index (Phi) is 6.79. The summed E-state index contributed by atoms with van der Waals surface area (Å²) in [6.07, 6.45) is 1.31. The van der Waals surface area contributed by atoms with Gasteiger partial charge < -0.3 is 14.6 Å². The molecular formula is C26H22N2O6S. The number of carbonyl (C=O) groups is 1. The summed E-state index contributed by atoms with van der Waals surface area (Å²) >= 11 is 1.30. The van der Waals surface area contributed by atoms with Crippen LogP contribution in [0.1, 0.15) is 27.7 Å². The first-order chi connectivity index (χ1) is 16.8. The van der Waals surface area contributed by atoms with Gasteiger partial charge in [0.05, 0.1) is 18.6 Å². The van der Waals surface area contributed by atoms with E-state index in [-0.39, 0.29) is 23.6 Å². The molecule has 9 heteroatoms. The molecule has 1 heterocycles. The van der Waals surface area contributed by atoms with Crippen LogP contribution in [-0.4, -0.2) is 35.9 Å². The molecule has 35 heavy (non-hydrogen) atoms. The molecule has 0 saturated heterocycles. The number of non-ortho nitro benzene ring substituents is 1. The Balaban J connectivity index is 1.83. The van der Waals surface area contributed by atoms with Crippen molar-refractivity contribution >= 4 is 45.0 Å². The number of nitrogens with zero attached hydrogens (tertiary/aromatic N) is 2. The van der Waals surface area contributed by atoms with E-state index in [2.05, 4.69) is 4.99 Å². The molecule has 4 rings (SSSR count). The molecule has 0 amide bonds. The molecule has 1 N–H and O–H groups in total. The predicted molar refractivity (Wildman–Crippen MR) is 137 cm³/mol. The van der Waals surface area contributed by atoms with Gasteiger partial charge in [-0.25, -0.2) is 9.79 Å². The van der Waals surface area contributed by atoms with Crippen molar-refractivity contribution in [2.24, 2.45) is 4.99 Å². The van der Waals surface area contributed by atoms with Crippen molar-refractivity contribution in [2.75, 3.05) is 13.7 Å². The standard InChI is InChI=1S/C26H22N2O6S/c1-4-34-26(30)24-23(18-6-5-17-13-21(33-3)9-7-16(17)11-18)15(2)35-25(24)27-14-19-12-20(28(31)32)8-10-22(19)29/h5-14,29H,4H2,1-3H3. The molecule has 4 aromatic rings. The van der Waals surface area contributed by atoms with Gasteiger partial charge in [0.1, 0.15) is 22.1 Å². The number of hydrogen-bond acceptors (Lipinski definition) is 8. The van der Waals surface area contributed by atoms with E-state index in [1.54, 1.807) is 14.0 Å². The highest BCUT2D eigenvalue weighted by molar-refractivity contribution is 7.16. The lowest BCUT2D eigenvalue weighted by Gasteiger charge is -2.09. The summed E-state index contributed by atoms with van der Waals surface area (Å²) in [5, 5.41) is 23.6. The first-order valence-electron chi connectivity index (χ1n) is 10.7. The van der Waals surface area contributed by atoms with E-state index in [0.29, 0.717) is 16.1 Å². The minimum absolute atomic E-state index is 0.157. The van der Waals surface area contributed by atoms with Gasteiger partial charge in [-0.1, -0.05) is 18.2 Å². The summed E-state index contributed by atoms with van der Waals surface area (Å²) in [5.41, 5.74) is 1.84. The van der Waals surface area contributed by atoms with Gasteiger partial charge in [0.2, 0.25) is 0 Å². The fourth-order valence-electron chi connectivity index (χ4n) is 3.75. The van der Waals surface area contributed by atoms with Crippen LogP contribution in [0.3, 0.4) is 0 Å². The van der Waals surface area contributed by atoms with E-state index in [1.165, 1.54) is 35.8 Å². The maximum Gasteiger partial charge on any atom is 0.341 e. The third-order valence-electron chi connectivity index (χ3n) is 5.42. The lowest BCUT2D eigenvalue weighted by atomic mass is 9.98. The van der Waals surface area contributed by atoms with Crippen LogP contribution in [0.2, 0.25) is 0 Å². The first kappa shape index (κ1) is 23.9. The number of nitro benzene ring substituents is 1. The van der Waals surface area contributed by atoms with Gasteiger partial charge in [0, 0.05) is 34.4 Å². The Hall–Kier alpha value is -4.24. The van der Waals surface area contributed by atoms with Crippen molar-refractivity contribution < 1.29 is 24.3 Å². The Morgan fingerprint density at radius 3 is 2.60 bits per heavy atom. The molecule has 8 nitrogen and oxygen atoms in total. The van der Waals surface area contributed by atoms with Crippen LogP contribution in [0.5, 0.6) is 11.5 Å². The van der Waals surface area contributed by atoms with Crippen molar-refractivity contribution in [1.29, 1.82) is 0 Å². The smallest absolute Gasteiger partial charge is 0.341 e. The number of aryl methyl sites for hydroxylation is 1. The molecular weight excluding hydrogens is 468 g/mol. The normalized spacial score (nSPS) is 11.2. The number of phenols is 1. The largest absolute Gasteiger partial charge is 0.507 e. The zero-order valence-electron chi connectivity index (χ0n) is 19.3. The molecule has 1 aromatic heterocycles. The number of phenolic OH excluding ortho intramolecular Hbond substituents is 1. The van der Waals surface area contributed by atoms with E-state index >= 15 is 0 Å². The third-order valence-corrected chi connectivity index (χ3v) is 6.44. The van der Waals surface area contributed by atoms with Crippen molar-refractivity contribution in [3.8, 4) is 22.6 Å². The maximum absolute atomic E-state index is 13.0. The topological polar surface area (TPSA) is 111 Å². The molecule has 0 saturated carbocycles. The minimum atomic E-state index is -0.552. The number of aromatic hydroxyl groups is 1. The molecule has 0 radical (unpaired) electrons. The summed E-state index contributed by atoms with van der Waals surface area (Å²) < 4.78 is 10.6. The molecule has 0 aliphatic carbocycles. The summed E-state index contributed by atoms with van der Waals surface area (Å²) in [6, 6.07) is 15.3. The second-order valence-corrected chi connectivity index (χ2v) is 8.82. The summed E-state index contributed by atoms with van der Waals surface area (Å²) in [5.74, 6) is 0.0813. The Bertz CT molecular complexity index is 1470. The lowest BCUT2D eigenvalue weighted by Crippen LogP contribution is -2.05. The van der Waals surface area contributed by atoms with Crippen molar-refractivity contribution in [2.45, 2.75) is 13.8 Å². The van der Waals surface area contributed by atoms with Gasteiger partial charge in [-0.2, -0.15) is 0 Å². The molecule has 0 atom stereocenters. The zero-order chi connectivity index (χ0) is 25.1. The summed E-state index contributed by atoms with van der Waals surface area (Å²) in [4.78, 5) is 28.8. The molecule has 178 valence electrons. The molecule has 3 aromatic carbocycles. The quantitative estimate of drug-likeness (QED) is 0.138. The number of rotatable bonds is 7. The molecule has 0 fully saturated rings. The monoisotopic (exact) mass is 490 g/mol. The highest BCUT2D eigenvalue weighted by Crippen LogP contribution is 2.43. The number of esters is 1. The number of nitro groups is 1. The molecule has 0 aliphatic rings. The van der Waals surface area contributed by atoms with Gasteiger partial charge in [-0.3, -0.25) is 10.1 Å². The number of hydrogen-bond donors (Lipinski definition) is 1. The summed E-state index contributed by atoms with van der Waals surface area (Å²) in [6.45, 7) is 3.81. The highest BCUT2D eigenvalue weighted by Gasteiger charge is 2.24. The third kappa shape index (κ3) is 4.85. The predicted octanol–water partition coefficient (Wildman–Crippen LogP) is 6.43. The van der Waals surface area contributed by atoms with Gasteiger partial charge >= 0.3 is 5.97 Å². The average Bonchev–Trinajstić information content (AvgIpc) is 3.18. The second-order valence-electron chi connectivity index (χ2n) is 7.62. The van der Waals surface area contributed by atoms with E-state index < -0.39 is 10.9 Å².